The highest BCUT2D eigenvalue weighted by molar-refractivity contribution is 9.10. The summed E-state index contributed by atoms with van der Waals surface area (Å²) < 4.78 is 19.6. The Morgan fingerprint density at radius 1 is 1.47 bits per heavy atom. The molecule has 0 spiro atoms. The van der Waals surface area contributed by atoms with Gasteiger partial charge in [-0.2, -0.15) is 0 Å². The van der Waals surface area contributed by atoms with Gasteiger partial charge in [0.1, 0.15) is 12.1 Å². The molecule has 0 saturated carbocycles. The number of benzene rings is 1. The molecule has 0 unspecified atom stereocenters. The molecule has 0 saturated heterocycles. The van der Waals surface area contributed by atoms with Crippen LogP contribution in [-0.2, 0) is 6.54 Å². The second-order valence-electron chi connectivity index (χ2n) is 3.52. The van der Waals surface area contributed by atoms with E-state index < -0.39 is 0 Å². The number of nitrogens with zero attached hydrogens (tertiary/aromatic N) is 1. The number of nitrogens with one attached hydrogen (secondary N) is 1. The lowest BCUT2D eigenvalue weighted by atomic mass is 10.2. The maximum Gasteiger partial charge on any atom is 0.230 e. The highest BCUT2D eigenvalue weighted by Gasteiger charge is 2.14. The summed E-state index contributed by atoms with van der Waals surface area (Å²) in [7, 11) is 0. The summed E-state index contributed by atoms with van der Waals surface area (Å²) in [4.78, 5) is 4.24. The van der Waals surface area contributed by atoms with Crippen LogP contribution < -0.4 is 5.32 Å². The Morgan fingerprint density at radius 3 is 3.00 bits per heavy atom. The van der Waals surface area contributed by atoms with Gasteiger partial charge in [-0.15, -0.1) is 0 Å². The molecule has 0 aliphatic rings. The van der Waals surface area contributed by atoms with Crippen LogP contribution in [0.15, 0.2) is 33.4 Å². The van der Waals surface area contributed by atoms with Gasteiger partial charge in [-0.05, 0) is 34.6 Å². The smallest absolute Gasteiger partial charge is 0.230 e. The second-order valence-corrected chi connectivity index (χ2v) is 4.38. The molecular weight excluding hydrogens is 287 g/mol. The molecule has 1 aromatic heterocycles. The van der Waals surface area contributed by atoms with E-state index in [1.54, 1.807) is 12.1 Å². The van der Waals surface area contributed by atoms with E-state index in [1.165, 1.54) is 12.3 Å². The van der Waals surface area contributed by atoms with Crippen molar-refractivity contribution in [1.82, 2.24) is 10.3 Å². The molecule has 90 valence electrons. The Kier molecular flexibility index (Phi) is 3.91. The summed E-state index contributed by atoms with van der Waals surface area (Å²) >= 11 is 3.29. The first-order valence-corrected chi connectivity index (χ1v) is 6.11. The molecular formula is C12H12BrFN2O. The maximum atomic E-state index is 13.7. The molecule has 0 bridgehead atoms. The molecule has 0 aliphatic carbocycles. The fourth-order valence-electron chi connectivity index (χ4n) is 1.46. The first-order valence-electron chi connectivity index (χ1n) is 5.32. The first kappa shape index (κ1) is 12.3. The van der Waals surface area contributed by atoms with Crippen molar-refractivity contribution in [3.8, 4) is 11.5 Å². The summed E-state index contributed by atoms with van der Waals surface area (Å²) in [5.41, 5.74) is 1.12. The van der Waals surface area contributed by atoms with Crippen molar-refractivity contribution in [1.29, 1.82) is 0 Å². The van der Waals surface area contributed by atoms with Crippen molar-refractivity contribution in [2.45, 2.75) is 13.5 Å². The van der Waals surface area contributed by atoms with Gasteiger partial charge >= 0.3 is 0 Å². The zero-order chi connectivity index (χ0) is 12.3. The third-order valence-electron chi connectivity index (χ3n) is 2.28. The number of aromatic nitrogens is 1. The molecule has 0 aliphatic heterocycles. The van der Waals surface area contributed by atoms with Crippen molar-refractivity contribution < 1.29 is 8.81 Å². The lowest BCUT2D eigenvalue weighted by molar-refractivity contribution is 0.559. The van der Waals surface area contributed by atoms with E-state index in [2.05, 4.69) is 26.2 Å². The van der Waals surface area contributed by atoms with Crippen LogP contribution in [0.3, 0.4) is 0 Å². The molecule has 1 N–H and O–H groups in total. The van der Waals surface area contributed by atoms with Gasteiger partial charge in [-0.25, -0.2) is 9.37 Å². The van der Waals surface area contributed by atoms with Crippen LogP contribution in [0.25, 0.3) is 11.5 Å². The third-order valence-corrected chi connectivity index (χ3v) is 2.95. The minimum Gasteiger partial charge on any atom is -0.444 e. The predicted molar refractivity (Wildman–Crippen MR) is 67.0 cm³/mol. The summed E-state index contributed by atoms with van der Waals surface area (Å²) in [6, 6.07) is 4.77. The first-order chi connectivity index (χ1) is 8.22. The summed E-state index contributed by atoms with van der Waals surface area (Å²) in [5, 5.41) is 3.13. The van der Waals surface area contributed by atoms with Crippen molar-refractivity contribution in [3.63, 3.8) is 0 Å². The predicted octanol–water partition coefficient (Wildman–Crippen LogP) is 3.35. The van der Waals surface area contributed by atoms with E-state index in [9.17, 15) is 4.39 Å². The minimum atomic E-state index is -0.351. The topological polar surface area (TPSA) is 38.1 Å². The normalized spacial score (nSPS) is 10.8. The van der Waals surface area contributed by atoms with E-state index in [4.69, 9.17) is 4.42 Å². The van der Waals surface area contributed by atoms with Crippen molar-refractivity contribution in [3.05, 3.63) is 40.4 Å². The van der Waals surface area contributed by atoms with E-state index in [0.29, 0.717) is 22.5 Å². The SMILES string of the molecule is CCNCc1coc(-c2c(F)cccc2Br)n1. The fourth-order valence-corrected chi connectivity index (χ4v) is 1.97. The van der Waals surface area contributed by atoms with Crippen LogP contribution in [-0.4, -0.2) is 11.5 Å². The lowest BCUT2D eigenvalue weighted by Crippen LogP contribution is -2.11. The zero-order valence-corrected chi connectivity index (χ0v) is 10.9. The Morgan fingerprint density at radius 2 is 2.29 bits per heavy atom. The van der Waals surface area contributed by atoms with Gasteiger partial charge in [0.2, 0.25) is 5.89 Å². The quantitative estimate of drug-likeness (QED) is 0.941. The van der Waals surface area contributed by atoms with Crippen LogP contribution in [0.5, 0.6) is 0 Å². The van der Waals surface area contributed by atoms with Gasteiger partial charge in [0, 0.05) is 11.0 Å². The number of rotatable bonds is 4. The number of hydrogen-bond acceptors (Lipinski definition) is 3. The highest BCUT2D eigenvalue weighted by atomic mass is 79.9. The van der Waals surface area contributed by atoms with Crippen molar-refractivity contribution >= 4 is 15.9 Å². The summed E-state index contributed by atoms with van der Waals surface area (Å²) in [6.45, 7) is 3.48. The number of hydrogen-bond donors (Lipinski definition) is 1. The van der Waals surface area contributed by atoms with Crippen molar-refractivity contribution in [2.24, 2.45) is 0 Å². The fraction of sp³-hybridized carbons (Fsp3) is 0.250. The van der Waals surface area contributed by atoms with Crippen LogP contribution in [0.1, 0.15) is 12.6 Å². The van der Waals surface area contributed by atoms with Gasteiger partial charge in [0.05, 0.1) is 11.3 Å². The maximum absolute atomic E-state index is 13.7. The molecule has 17 heavy (non-hydrogen) atoms. The van der Waals surface area contributed by atoms with Gasteiger partial charge in [-0.1, -0.05) is 13.0 Å². The largest absolute Gasteiger partial charge is 0.444 e. The number of oxazole rings is 1. The average Bonchev–Trinajstić information content (AvgIpc) is 2.75. The molecule has 2 aromatic rings. The standard InChI is InChI=1S/C12H12BrFN2O/c1-2-15-6-8-7-17-12(16-8)11-9(13)4-3-5-10(11)14/h3-5,7,15H,2,6H2,1H3. The van der Waals surface area contributed by atoms with Crippen LogP contribution in [0, 0.1) is 5.82 Å². The summed E-state index contributed by atoms with van der Waals surface area (Å²) in [6.07, 6.45) is 1.54. The van der Waals surface area contributed by atoms with Crippen LogP contribution >= 0.6 is 15.9 Å². The van der Waals surface area contributed by atoms with E-state index in [0.717, 1.165) is 12.2 Å². The van der Waals surface area contributed by atoms with Gasteiger partial charge in [0.25, 0.3) is 0 Å². The third kappa shape index (κ3) is 2.73. The molecule has 0 fully saturated rings. The Balaban J connectivity index is 2.30. The Bertz CT molecular complexity index is 493. The molecule has 1 heterocycles. The minimum absolute atomic E-state index is 0.294. The molecule has 1 aromatic carbocycles. The Labute approximate surface area is 107 Å². The molecule has 0 atom stereocenters. The molecule has 2 rings (SSSR count). The van der Waals surface area contributed by atoms with Gasteiger partial charge in [0.15, 0.2) is 0 Å². The van der Waals surface area contributed by atoms with Crippen LogP contribution in [0.2, 0.25) is 0 Å². The molecule has 0 amide bonds. The Hall–Kier alpha value is -1.20. The monoisotopic (exact) mass is 298 g/mol. The highest BCUT2D eigenvalue weighted by Crippen LogP contribution is 2.30. The average molecular weight is 299 g/mol. The van der Waals surface area contributed by atoms with E-state index in [1.807, 2.05) is 6.92 Å². The lowest BCUT2D eigenvalue weighted by Gasteiger charge is -2.00. The zero-order valence-electron chi connectivity index (χ0n) is 9.34. The van der Waals surface area contributed by atoms with Gasteiger partial charge < -0.3 is 9.73 Å². The van der Waals surface area contributed by atoms with Gasteiger partial charge in [-0.3, -0.25) is 0 Å². The van der Waals surface area contributed by atoms with Crippen LogP contribution in [0.4, 0.5) is 4.39 Å². The van der Waals surface area contributed by atoms with Crippen molar-refractivity contribution in [2.75, 3.05) is 6.54 Å². The molecule has 3 nitrogen and oxygen atoms in total. The second kappa shape index (κ2) is 5.42. The molecule has 5 heteroatoms. The molecule has 0 radical (unpaired) electrons. The van der Waals surface area contributed by atoms with E-state index in [-0.39, 0.29) is 5.82 Å². The number of halogens is 2. The summed E-state index contributed by atoms with van der Waals surface area (Å²) in [5.74, 6) is -0.0564. The van der Waals surface area contributed by atoms with E-state index >= 15 is 0 Å².